The fraction of sp³-hybridized carbons (Fsp3) is 0.588. The predicted octanol–water partition coefficient (Wildman–Crippen LogP) is 3.18. The van der Waals surface area contributed by atoms with E-state index in [1.165, 1.54) is 32.1 Å². The number of thiol groups is 1. The lowest BCUT2D eigenvalue weighted by molar-refractivity contribution is 0.175. The summed E-state index contributed by atoms with van der Waals surface area (Å²) in [6, 6.07) is 6.87. The van der Waals surface area contributed by atoms with Crippen molar-refractivity contribution in [1.29, 1.82) is 0 Å². The molecule has 122 valence electrons. The lowest BCUT2D eigenvalue weighted by Crippen LogP contribution is -2.31. The highest BCUT2D eigenvalue weighted by Gasteiger charge is 2.36. The third-order valence-corrected chi connectivity index (χ3v) is 5.44. The maximum Gasteiger partial charge on any atom is 0.152 e. The summed E-state index contributed by atoms with van der Waals surface area (Å²) in [6.07, 6.45) is 7.97. The molecule has 2 fully saturated rings. The van der Waals surface area contributed by atoms with Crippen LogP contribution in [0.15, 0.2) is 24.4 Å². The van der Waals surface area contributed by atoms with Gasteiger partial charge in [0.15, 0.2) is 11.6 Å². The molecule has 0 bridgehead atoms. The van der Waals surface area contributed by atoms with Crippen LogP contribution in [0.3, 0.4) is 0 Å². The summed E-state index contributed by atoms with van der Waals surface area (Å²) in [7, 11) is 2.20. The Kier molecular flexibility index (Phi) is 4.11. The number of rotatable bonds is 4. The minimum absolute atomic E-state index is 0.119. The van der Waals surface area contributed by atoms with E-state index >= 15 is 0 Å². The molecule has 0 N–H and O–H groups in total. The molecule has 1 aliphatic carbocycles. The average Bonchev–Trinajstić information content (AvgIpc) is 3.34. The SMILES string of the molecule is CN1CCCCC1c1nnc(C(S)c2ccccn2)n1C1CC1. The maximum atomic E-state index is 4.80. The van der Waals surface area contributed by atoms with E-state index in [-0.39, 0.29) is 5.25 Å². The molecule has 3 heterocycles. The van der Waals surface area contributed by atoms with Crippen molar-refractivity contribution < 1.29 is 0 Å². The van der Waals surface area contributed by atoms with Gasteiger partial charge in [0.1, 0.15) is 5.25 Å². The Morgan fingerprint density at radius 1 is 1.17 bits per heavy atom. The van der Waals surface area contributed by atoms with Crippen LogP contribution in [0, 0.1) is 0 Å². The van der Waals surface area contributed by atoms with Gasteiger partial charge in [-0.15, -0.1) is 10.2 Å². The Hall–Kier alpha value is -1.40. The molecule has 2 aliphatic rings. The molecule has 4 rings (SSSR count). The molecule has 1 aliphatic heterocycles. The summed E-state index contributed by atoms with van der Waals surface area (Å²) in [5.74, 6) is 2.07. The first kappa shape index (κ1) is 15.1. The molecule has 2 unspecified atom stereocenters. The van der Waals surface area contributed by atoms with Gasteiger partial charge < -0.3 is 4.57 Å². The van der Waals surface area contributed by atoms with Gasteiger partial charge >= 0.3 is 0 Å². The van der Waals surface area contributed by atoms with Gasteiger partial charge in [-0.05, 0) is 51.4 Å². The molecule has 23 heavy (non-hydrogen) atoms. The van der Waals surface area contributed by atoms with Crippen LogP contribution >= 0.6 is 12.6 Å². The second kappa shape index (κ2) is 6.24. The normalized spacial score (nSPS) is 23.8. The molecule has 2 aromatic rings. The van der Waals surface area contributed by atoms with Crippen LogP contribution in [0.1, 0.15) is 66.8 Å². The second-order valence-electron chi connectivity index (χ2n) is 6.67. The molecule has 0 amide bonds. The van der Waals surface area contributed by atoms with E-state index in [0.29, 0.717) is 12.1 Å². The number of nitrogens with zero attached hydrogens (tertiary/aromatic N) is 5. The summed E-state index contributed by atoms with van der Waals surface area (Å²) in [5.41, 5.74) is 0.939. The number of pyridine rings is 1. The van der Waals surface area contributed by atoms with Gasteiger partial charge in [0.2, 0.25) is 0 Å². The number of aromatic nitrogens is 4. The number of hydrogen-bond donors (Lipinski definition) is 1. The van der Waals surface area contributed by atoms with Crippen LogP contribution in [0.5, 0.6) is 0 Å². The Labute approximate surface area is 142 Å². The Morgan fingerprint density at radius 3 is 2.74 bits per heavy atom. The standard InChI is InChI=1S/C17H23N5S/c1-21-11-5-3-7-14(21)16-19-20-17(22(16)12-8-9-12)15(23)13-6-2-4-10-18-13/h2,4,6,10,12,14-15,23H,3,5,7-9,11H2,1H3. The summed E-state index contributed by atoms with van der Waals surface area (Å²) >= 11 is 4.80. The monoisotopic (exact) mass is 329 g/mol. The van der Waals surface area contributed by atoms with E-state index in [1.807, 2.05) is 24.4 Å². The van der Waals surface area contributed by atoms with Gasteiger partial charge in [0, 0.05) is 12.2 Å². The molecule has 0 radical (unpaired) electrons. The van der Waals surface area contributed by atoms with Crippen molar-refractivity contribution in [2.45, 2.75) is 49.4 Å². The van der Waals surface area contributed by atoms with Crippen molar-refractivity contribution in [2.24, 2.45) is 0 Å². The number of hydrogen-bond acceptors (Lipinski definition) is 5. The molecular formula is C17H23N5S. The van der Waals surface area contributed by atoms with Gasteiger partial charge in [-0.25, -0.2) is 0 Å². The molecule has 6 heteroatoms. The average molecular weight is 329 g/mol. The Balaban J connectivity index is 1.71. The zero-order chi connectivity index (χ0) is 15.8. The smallest absolute Gasteiger partial charge is 0.152 e. The lowest BCUT2D eigenvalue weighted by Gasteiger charge is -2.32. The van der Waals surface area contributed by atoms with Crippen LogP contribution in [0.4, 0.5) is 0 Å². The van der Waals surface area contributed by atoms with Crippen molar-refractivity contribution in [3.63, 3.8) is 0 Å². The highest BCUT2D eigenvalue weighted by Crippen LogP contribution is 2.42. The first-order valence-corrected chi connectivity index (χ1v) is 9.01. The maximum absolute atomic E-state index is 4.80. The zero-order valence-electron chi connectivity index (χ0n) is 13.5. The number of piperidine rings is 1. The first-order chi connectivity index (χ1) is 11.3. The zero-order valence-corrected chi connectivity index (χ0v) is 14.4. The Bertz CT molecular complexity index is 667. The van der Waals surface area contributed by atoms with Gasteiger partial charge in [-0.3, -0.25) is 9.88 Å². The van der Waals surface area contributed by atoms with Crippen LogP contribution in [-0.2, 0) is 0 Å². The van der Waals surface area contributed by atoms with Gasteiger partial charge in [-0.1, -0.05) is 12.5 Å². The van der Waals surface area contributed by atoms with Crippen LogP contribution in [-0.4, -0.2) is 38.2 Å². The fourth-order valence-corrected chi connectivity index (χ4v) is 3.84. The molecular weight excluding hydrogens is 306 g/mol. The van der Waals surface area contributed by atoms with E-state index in [1.54, 1.807) is 0 Å². The van der Waals surface area contributed by atoms with E-state index in [0.717, 1.165) is 23.9 Å². The molecule has 2 aromatic heterocycles. The molecule has 0 aromatic carbocycles. The Morgan fingerprint density at radius 2 is 2.04 bits per heavy atom. The van der Waals surface area contributed by atoms with Crippen LogP contribution in [0.2, 0.25) is 0 Å². The van der Waals surface area contributed by atoms with Gasteiger partial charge in [0.05, 0.1) is 11.7 Å². The summed E-state index contributed by atoms with van der Waals surface area (Å²) < 4.78 is 2.36. The van der Waals surface area contributed by atoms with E-state index < -0.39 is 0 Å². The topological polar surface area (TPSA) is 46.8 Å². The van der Waals surface area contributed by atoms with Crippen LogP contribution in [0.25, 0.3) is 0 Å². The van der Waals surface area contributed by atoms with E-state index in [4.69, 9.17) is 12.6 Å². The molecule has 2 atom stereocenters. The lowest BCUT2D eigenvalue weighted by atomic mass is 10.0. The van der Waals surface area contributed by atoms with Gasteiger partial charge in [-0.2, -0.15) is 12.6 Å². The molecule has 0 spiro atoms. The summed E-state index contributed by atoms with van der Waals surface area (Å²) in [6.45, 7) is 1.14. The number of likely N-dealkylation sites (tertiary alicyclic amines) is 1. The molecule has 5 nitrogen and oxygen atoms in total. The largest absolute Gasteiger partial charge is 0.309 e. The minimum atomic E-state index is -0.119. The quantitative estimate of drug-likeness (QED) is 0.875. The van der Waals surface area contributed by atoms with E-state index in [9.17, 15) is 0 Å². The van der Waals surface area contributed by atoms with E-state index in [2.05, 4.69) is 31.7 Å². The molecule has 1 saturated heterocycles. The second-order valence-corrected chi connectivity index (χ2v) is 7.18. The van der Waals surface area contributed by atoms with Gasteiger partial charge in [0.25, 0.3) is 0 Å². The highest BCUT2D eigenvalue weighted by atomic mass is 32.1. The summed E-state index contributed by atoms with van der Waals surface area (Å²) in [4.78, 5) is 6.87. The predicted molar refractivity (Wildman–Crippen MR) is 92.6 cm³/mol. The highest BCUT2D eigenvalue weighted by molar-refractivity contribution is 7.80. The fourth-order valence-electron chi connectivity index (χ4n) is 3.51. The third-order valence-electron chi connectivity index (χ3n) is 4.94. The first-order valence-electron chi connectivity index (χ1n) is 8.49. The van der Waals surface area contributed by atoms with Crippen molar-refractivity contribution in [1.82, 2.24) is 24.6 Å². The minimum Gasteiger partial charge on any atom is -0.309 e. The van der Waals surface area contributed by atoms with Crippen molar-refractivity contribution in [2.75, 3.05) is 13.6 Å². The third kappa shape index (κ3) is 2.90. The van der Waals surface area contributed by atoms with Crippen molar-refractivity contribution in [3.8, 4) is 0 Å². The van der Waals surface area contributed by atoms with Crippen molar-refractivity contribution in [3.05, 3.63) is 41.7 Å². The van der Waals surface area contributed by atoms with Crippen molar-refractivity contribution >= 4 is 12.6 Å². The van der Waals surface area contributed by atoms with Crippen LogP contribution < -0.4 is 0 Å². The summed E-state index contributed by atoms with van der Waals surface area (Å²) in [5, 5.41) is 9.01. The molecule has 1 saturated carbocycles.